The molecule has 0 aromatic rings. The van der Waals surface area contributed by atoms with E-state index in [0.717, 1.165) is 0 Å². The van der Waals surface area contributed by atoms with Crippen molar-refractivity contribution in [2.45, 2.75) is 0 Å². The molecule has 0 saturated heterocycles. The summed E-state index contributed by atoms with van der Waals surface area (Å²) in [5, 5.41) is 0. The maximum Gasteiger partial charge on any atom is 0.248 e. The third-order valence-electron chi connectivity index (χ3n) is 1.05. The topological polar surface area (TPSA) is 52.3 Å². The van der Waals surface area contributed by atoms with E-state index >= 15 is 0 Å². The molecular formula is C8H11NO2. The Kier molecular flexibility index (Phi) is 3.73. The molecule has 0 saturated carbocycles. The fraction of sp³-hybridized carbons (Fsp3) is 0.125. The Morgan fingerprint density at radius 2 is 2.00 bits per heavy atom. The number of carbonyl (C=O) groups excluding carboxylic acids is 1. The van der Waals surface area contributed by atoms with Crippen LogP contribution in [0, 0.1) is 0 Å². The van der Waals surface area contributed by atoms with E-state index in [1.54, 1.807) is 0 Å². The number of methoxy groups -OCH3 is 1. The van der Waals surface area contributed by atoms with Crippen LogP contribution in [0.15, 0.2) is 36.6 Å². The Hall–Kier alpha value is -1.51. The largest absolute Gasteiger partial charge is 0.497 e. The van der Waals surface area contributed by atoms with E-state index in [9.17, 15) is 4.79 Å². The number of hydrogen-bond acceptors (Lipinski definition) is 2. The van der Waals surface area contributed by atoms with Crippen LogP contribution in [0.1, 0.15) is 0 Å². The second-order valence-corrected chi connectivity index (χ2v) is 1.89. The van der Waals surface area contributed by atoms with E-state index in [1.807, 2.05) is 0 Å². The van der Waals surface area contributed by atoms with Gasteiger partial charge in [0.2, 0.25) is 5.91 Å². The van der Waals surface area contributed by atoms with Crippen molar-refractivity contribution in [2.75, 3.05) is 7.11 Å². The molecule has 60 valence electrons. The van der Waals surface area contributed by atoms with Crippen LogP contribution in [0.5, 0.6) is 0 Å². The van der Waals surface area contributed by atoms with Crippen LogP contribution in [0.2, 0.25) is 0 Å². The van der Waals surface area contributed by atoms with E-state index < -0.39 is 5.91 Å². The molecule has 0 aliphatic heterocycles. The van der Waals surface area contributed by atoms with Gasteiger partial charge in [-0.1, -0.05) is 13.2 Å². The van der Waals surface area contributed by atoms with Crippen molar-refractivity contribution in [3.63, 3.8) is 0 Å². The van der Waals surface area contributed by atoms with E-state index in [4.69, 9.17) is 10.5 Å². The maximum atomic E-state index is 10.4. The Labute approximate surface area is 65.8 Å². The zero-order chi connectivity index (χ0) is 8.85. The monoisotopic (exact) mass is 153 g/mol. The van der Waals surface area contributed by atoms with Crippen molar-refractivity contribution >= 4 is 5.91 Å². The first-order chi connectivity index (χ1) is 5.07. The molecule has 3 heteroatoms. The Balaban J connectivity index is 4.04. The fourth-order valence-electron chi connectivity index (χ4n) is 0.344. The summed E-state index contributed by atoms with van der Waals surface area (Å²) in [6.45, 7) is 6.90. The van der Waals surface area contributed by atoms with Gasteiger partial charge in [0.25, 0.3) is 0 Å². The molecule has 0 fully saturated rings. The second kappa shape index (κ2) is 4.33. The van der Waals surface area contributed by atoms with Crippen molar-refractivity contribution in [1.29, 1.82) is 0 Å². The lowest BCUT2D eigenvalue weighted by molar-refractivity contribution is -0.114. The molecule has 0 heterocycles. The molecule has 1 amide bonds. The summed E-state index contributed by atoms with van der Waals surface area (Å²) in [7, 11) is 1.49. The van der Waals surface area contributed by atoms with Crippen LogP contribution in [0.3, 0.4) is 0 Å². The van der Waals surface area contributed by atoms with Gasteiger partial charge in [0, 0.05) is 5.57 Å². The first-order valence-corrected chi connectivity index (χ1v) is 2.97. The minimum Gasteiger partial charge on any atom is -0.497 e. The number of rotatable bonds is 4. The average molecular weight is 153 g/mol. The van der Waals surface area contributed by atoms with E-state index in [-0.39, 0.29) is 5.57 Å². The third-order valence-corrected chi connectivity index (χ3v) is 1.05. The van der Waals surface area contributed by atoms with Gasteiger partial charge < -0.3 is 10.5 Å². The van der Waals surface area contributed by atoms with Gasteiger partial charge in [0.1, 0.15) is 5.76 Å². The van der Waals surface area contributed by atoms with Crippen molar-refractivity contribution < 1.29 is 9.53 Å². The van der Waals surface area contributed by atoms with Crippen LogP contribution in [0.25, 0.3) is 0 Å². The number of hydrogen-bond donors (Lipinski definition) is 1. The lowest BCUT2D eigenvalue weighted by atomic mass is 10.2. The summed E-state index contributed by atoms with van der Waals surface area (Å²) in [6, 6.07) is 0. The predicted octanol–water partition coefficient (Wildman–Crippen LogP) is 0.744. The molecule has 11 heavy (non-hydrogen) atoms. The van der Waals surface area contributed by atoms with Gasteiger partial charge in [-0.05, 0) is 12.2 Å². The number of amides is 1. The molecule has 0 bridgehead atoms. The minimum absolute atomic E-state index is 0.225. The number of nitrogens with two attached hydrogens (primary N) is 1. The number of ether oxygens (including phenoxy) is 1. The molecule has 0 radical (unpaired) electrons. The molecule has 0 atom stereocenters. The van der Waals surface area contributed by atoms with E-state index in [2.05, 4.69) is 13.2 Å². The molecule has 0 spiro atoms. The molecule has 0 unspecified atom stereocenters. The van der Waals surface area contributed by atoms with Crippen LogP contribution >= 0.6 is 0 Å². The van der Waals surface area contributed by atoms with Crippen LogP contribution in [0.4, 0.5) is 0 Å². The van der Waals surface area contributed by atoms with Gasteiger partial charge in [-0.25, -0.2) is 0 Å². The molecule has 2 N–H and O–H groups in total. The highest BCUT2D eigenvalue weighted by Gasteiger charge is 1.94. The summed E-state index contributed by atoms with van der Waals surface area (Å²) in [6.07, 6.45) is 2.97. The first-order valence-electron chi connectivity index (χ1n) is 2.97. The third kappa shape index (κ3) is 3.97. The van der Waals surface area contributed by atoms with Crippen LogP contribution in [-0.4, -0.2) is 13.0 Å². The highest BCUT2D eigenvalue weighted by molar-refractivity contribution is 5.94. The summed E-state index contributed by atoms with van der Waals surface area (Å²) in [5.41, 5.74) is 5.13. The number of allylic oxidation sites excluding steroid dienone is 1. The van der Waals surface area contributed by atoms with Crippen LogP contribution < -0.4 is 5.73 Å². The zero-order valence-electron chi connectivity index (χ0n) is 6.46. The zero-order valence-corrected chi connectivity index (χ0v) is 6.46. The molecule has 0 aromatic carbocycles. The van der Waals surface area contributed by atoms with Crippen molar-refractivity contribution in [2.24, 2.45) is 5.73 Å². The van der Waals surface area contributed by atoms with Crippen molar-refractivity contribution in [3.8, 4) is 0 Å². The first kappa shape index (κ1) is 9.49. The Morgan fingerprint density at radius 3 is 2.36 bits per heavy atom. The van der Waals surface area contributed by atoms with Gasteiger partial charge >= 0.3 is 0 Å². The van der Waals surface area contributed by atoms with Gasteiger partial charge in [-0.2, -0.15) is 0 Å². The molecular weight excluding hydrogens is 142 g/mol. The second-order valence-electron chi connectivity index (χ2n) is 1.89. The van der Waals surface area contributed by atoms with Gasteiger partial charge in [0.15, 0.2) is 0 Å². The molecule has 3 nitrogen and oxygen atoms in total. The van der Waals surface area contributed by atoms with Crippen molar-refractivity contribution in [1.82, 2.24) is 0 Å². The average Bonchev–Trinajstić information content (AvgIpc) is 1.99. The SMILES string of the molecule is C=C(/C=C\C(=C)C(N)=O)OC. The minimum atomic E-state index is -0.551. The van der Waals surface area contributed by atoms with Gasteiger partial charge in [0.05, 0.1) is 7.11 Å². The lowest BCUT2D eigenvalue weighted by Gasteiger charge is -1.95. The Bertz CT molecular complexity index is 216. The van der Waals surface area contributed by atoms with Gasteiger partial charge in [-0.15, -0.1) is 0 Å². The van der Waals surface area contributed by atoms with Crippen LogP contribution in [-0.2, 0) is 9.53 Å². The predicted molar refractivity (Wildman–Crippen MR) is 43.6 cm³/mol. The molecule has 0 rings (SSSR count). The maximum absolute atomic E-state index is 10.4. The van der Waals surface area contributed by atoms with Gasteiger partial charge in [-0.3, -0.25) is 4.79 Å². The fourth-order valence-corrected chi connectivity index (χ4v) is 0.344. The summed E-state index contributed by atoms with van der Waals surface area (Å²) < 4.78 is 4.71. The number of carbonyl (C=O) groups is 1. The molecule has 0 aliphatic carbocycles. The van der Waals surface area contributed by atoms with E-state index in [0.29, 0.717) is 5.76 Å². The molecule has 0 aromatic heterocycles. The highest BCUT2D eigenvalue weighted by atomic mass is 16.5. The Morgan fingerprint density at radius 1 is 1.45 bits per heavy atom. The summed E-state index contributed by atoms with van der Waals surface area (Å²) in [5.74, 6) is -0.0995. The molecule has 0 aliphatic rings. The van der Waals surface area contributed by atoms with Crippen molar-refractivity contribution in [3.05, 3.63) is 36.6 Å². The number of primary amides is 1. The lowest BCUT2D eigenvalue weighted by Crippen LogP contribution is -2.11. The van der Waals surface area contributed by atoms with E-state index in [1.165, 1.54) is 19.3 Å². The quantitative estimate of drug-likeness (QED) is 0.368. The standard InChI is InChI=1S/C8H11NO2/c1-6(8(9)10)4-5-7(2)11-3/h4-5H,1-2H2,3H3,(H2,9,10)/b5-4-. The summed E-state index contributed by atoms with van der Waals surface area (Å²) in [4.78, 5) is 10.4. The normalized spacial score (nSPS) is 9.55. The summed E-state index contributed by atoms with van der Waals surface area (Å²) >= 11 is 0. The smallest absolute Gasteiger partial charge is 0.248 e. The highest BCUT2D eigenvalue weighted by Crippen LogP contribution is 1.97.